The molecule has 0 fully saturated rings. The van der Waals surface area contributed by atoms with E-state index >= 15 is 0 Å². The maximum atomic E-state index is 13.6. The summed E-state index contributed by atoms with van der Waals surface area (Å²) in [5.74, 6) is 0.838. The second-order valence-electron chi connectivity index (χ2n) is 8.44. The first kappa shape index (κ1) is 23.6. The first-order valence-corrected chi connectivity index (χ1v) is 11.4. The Morgan fingerprint density at radius 3 is 2.11 bits per heavy atom. The molecule has 0 aliphatic carbocycles. The summed E-state index contributed by atoms with van der Waals surface area (Å²) in [7, 11) is 1.43. The lowest BCUT2D eigenvalue weighted by Gasteiger charge is -2.25. The molecule has 1 aromatic carbocycles. The van der Waals surface area contributed by atoms with Crippen molar-refractivity contribution in [3.63, 3.8) is 0 Å². The Morgan fingerprint density at radius 1 is 1.11 bits per heavy atom. The lowest BCUT2D eigenvalue weighted by Crippen LogP contribution is -2.29. The Balaban J connectivity index is 3.29. The van der Waals surface area contributed by atoms with E-state index in [0.717, 1.165) is 25.7 Å². The quantitative estimate of drug-likeness (QED) is 0.249. The van der Waals surface area contributed by atoms with E-state index in [4.69, 9.17) is 9.47 Å². The topological polar surface area (TPSA) is 52.6 Å². The van der Waals surface area contributed by atoms with Crippen molar-refractivity contribution >= 4 is 13.6 Å². The monoisotopic (exact) mass is 395 g/mol. The van der Waals surface area contributed by atoms with Crippen LogP contribution < -0.4 is 9.47 Å². The number of carbonyl (C=O) groups excluding carboxylic acids is 1. The van der Waals surface area contributed by atoms with E-state index < -0.39 is 13.5 Å². The van der Waals surface area contributed by atoms with Gasteiger partial charge in [0.15, 0.2) is 0 Å². The summed E-state index contributed by atoms with van der Waals surface area (Å²) in [6, 6.07) is 5.31. The van der Waals surface area contributed by atoms with Crippen molar-refractivity contribution < 1.29 is 18.8 Å². The summed E-state index contributed by atoms with van der Waals surface area (Å²) in [5, 5.41) is 0. The van der Waals surface area contributed by atoms with Gasteiger partial charge in [0.05, 0.1) is 14.2 Å². The molecule has 0 saturated carbocycles. The zero-order valence-corrected chi connectivity index (χ0v) is 18.9. The predicted molar refractivity (Wildman–Crippen MR) is 113 cm³/mol. The highest BCUT2D eigenvalue weighted by Crippen LogP contribution is 2.43. The Morgan fingerprint density at radius 2 is 1.67 bits per heavy atom. The normalized spacial score (nSPS) is 14.4. The summed E-state index contributed by atoms with van der Waals surface area (Å²) < 4.78 is 24.0. The number of unbranched alkanes of at least 4 members (excludes halogenated alkanes) is 2. The molecule has 0 heterocycles. The lowest BCUT2D eigenvalue weighted by molar-refractivity contribution is 0.0953. The van der Waals surface area contributed by atoms with Gasteiger partial charge in [-0.15, -0.1) is 0 Å². The fourth-order valence-electron chi connectivity index (χ4n) is 3.65. The maximum Gasteiger partial charge on any atom is 0.350 e. The van der Waals surface area contributed by atoms with Crippen molar-refractivity contribution in [2.45, 2.75) is 66.0 Å². The zero-order chi connectivity index (χ0) is 20.6. The van der Waals surface area contributed by atoms with Gasteiger partial charge < -0.3 is 9.47 Å². The number of ether oxygens (including phenoxy) is 2. The molecule has 0 saturated heterocycles. The Labute approximate surface area is 165 Å². The van der Waals surface area contributed by atoms with Crippen LogP contribution in [0.4, 0.5) is 0 Å². The van der Waals surface area contributed by atoms with Gasteiger partial charge >= 0.3 is 7.80 Å². The highest BCUT2D eigenvalue weighted by Gasteiger charge is 2.44. The van der Waals surface area contributed by atoms with Gasteiger partial charge in [0, 0.05) is 5.92 Å². The molecule has 5 heteroatoms. The number of rotatable bonds is 11. The molecule has 152 valence electrons. The van der Waals surface area contributed by atoms with Crippen LogP contribution in [-0.2, 0) is 4.57 Å². The number of hydrogen-bond acceptors (Lipinski definition) is 4. The lowest BCUT2D eigenvalue weighted by atomic mass is 9.82. The summed E-state index contributed by atoms with van der Waals surface area (Å²) in [6.07, 6.45) is 4.41. The molecule has 0 aliphatic heterocycles. The van der Waals surface area contributed by atoms with Crippen LogP contribution in [-0.4, -0.2) is 31.8 Å². The first-order chi connectivity index (χ1) is 12.7. The molecular formula is C22H36O4P+. The number of carbonyl (C=O) groups is 1. The van der Waals surface area contributed by atoms with E-state index in [1.807, 2.05) is 6.92 Å². The van der Waals surface area contributed by atoms with Gasteiger partial charge in [-0.2, -0.15) is 0 Å². The molecule has 1 rings (SSSR count). The summed E-state index contributed by atoms with van der Waals surface area (Å²) in [6.45, 7) is 10.6. The summed E-state index contributed by atoms with van der Waals surface area (Å²) in [4.78, 5) is 13.6. The Kier molecular flexibility index (Phi) is 9.45. The van der Waals surface area contributed by atoms with Crippen LogP contribution in [0, 0.1) is 11.3 Å². The standard InChI is InChI=1S/C22H36O4P/c1-8-9-10-14-27(24)21(16(2)15-22(3,4)5)20(23)19-17(25-6)12-11-13-18(19)26-7/h11-13,16,21H,8-10,14-15H2,1-7H3/q+1. The second-order valence-corrected chi connectivity index (χ2v) is 10.3. The first-order valence-electron chi connectivity index (χ1n) is 9.85. The number of ketones is 1. The number of Topliss-reactive ketones (excluding diaryl/α,β-unsaturated/α-hetero) is 1. The minimum absolute atomic E-state index is 0.0114. The average Bonchev–Trinajstić information content (AvgIpc) is 2.59. The fraction of sp³-hybridized carbons (Fsp3) is 0.682. The van der Waals surface area contributed by atoms with E-state index in [1.54, 1.807) is 32.4 Å². The van der Waals surface area contributed by atoms with Gasteiger partial charge in [-0.1, -0.05) is 51.7 Å². The Hall–Kier alpha value is -1.41. The van der Waals surface area contributed by atoms with Gasteiger partial charge in [-0.25, -0.2) is 0 Å². The number of benzene rings is 1. The SMILES string of the molecule is CCCCC[P+](=O)C(C(=O)c1c(OC)cccc1OC)C(C)CC(C)(C)C. The number of hydrogen-bond donors (Lipinski definition) is 0. The van der Waals surface area contributed by atoms with Crippen LogP contribution in [0.1, 0.15) is 70.7 Å². The minimum atomic E-state index is -1.66. The summed E-state index contributed by atoms with van der Waals surface area (Å²) in [5.41, 5.74) is -0.0593. The fourth-order valence-corrected chi connectivity index (χ4v) is 5.53. The molecule has 0 amide bonds. The van der Waals surface area contributed by atoms with Gasteiger partial charge in [0.2, 0.25) is 11.4 Å². The smallest absolute Gasteiger partial charge is 0.350 e. The van der Waals surface area contributed by atoms with Crippen molar-refractivity contribution in [2.24, 2.45) is 11.3 Å². The third-order valence-corrected chi connectivity index (χ3v) is 6.83. The Bertz CT molecular complexity index is 611. The molecule has 4 nitrogen and oxygen atoms in total. The van der Waals surface area contributed by atoms with Gasteiger partial charge in [0.25, 0.3) is 0 Å². The van der Waals surface area contributed by atoms with Gasteiger partial charge in [0.1, 0.15) is 23.2 Å². The van der Waals surface area contributed by atoms with E-state index in [2.05, 4.69) is 27.7 Å². The molecule has 3 unspecified atom stereocenters. The van der Waals surface area contributed by atoms with Crippen molar-refractivity contribution in [1.29, 1.82) is 0 Å². The molecule has 0 spiro atoms. The molecular weight excluding hydrogens is 359 g/mol. The second kappa shape index (κ2) is 10.8. The van der Waals surface area contributed by atoms with Crippen molar-refractivity contribution in [3.8, 4) is 11.5 Å². The molecule has 0 N–H and O–H groups in total. The zero-order valence-electron chi connectivity index (χ0n) is 18.0. The van der Waals surface area contributed by atoms with E-state index in [0.29, 0.717) is 23.2 Å². The van der Waals surface area contributed by atoms with E-state index in [9.17, 15) is 9.36 Å². The van der Waals surface area contributed by atoms with Crippen LogP contribution in [0.5, 0.6) is 11.5 Å². The highest BCUT2D eigenvalue weighted by molar-refractivity contribution is 7.46. The molecule has 0 radical (unpaired) electrons. The van der Waals surface area contributed by atoms with Crippen molar-refractivity contribution in [1.82, 2.24) is 0 Å². The van der Waals surface area contributed by atoms with Crippen LogP contribution in [0.15, 0.2) is 18.2 Å². The van der Waals surface area contributed by atoms with Crippen LogP contribution >= 0.6 is 7.80 Å². The maximum absolute atomic E-state index is 13.6. The van der Waals surface area contributed by atoms with Crippen LogP contribution in [0.3, 0.4) is 0 Å². The van der Waals surface area contributed by atoms with E-state index in [1.165, 1.54) is 0 Å². The number of methoxy groups -OCH3 is 2. The third-order valence-electron chi connectivity index (χ3n) is 4.71. The van der Waals surface area contributed by atoms with Gasteiger partial charge in [-0.05, 0) is 36.8 Å². The van der Waals surface area contributed by atoms with Crippen LogP contribution in [0.25, 0.3) is 0 Å². The minimum Gasteiger partial charge on any atom is -0.496 e. The molecule has 0 bridgehead atoms. The molecule has 0 aromatic heterocycles. The molecule has 27 heavy (non-hydrogen) atoms. The summed E-state index contributed by atoms with van der Waals surface area (Å²) >= 11 is 0. The van der Waals surface area contributed by atoms with Gasteiger partial charge in [-0.3, -0.25) is 4.79 Å². The van der Waals surface area contributed by atoms with E-state index in [-0.39, 0.29) is 17.1 Å². The van der Waals surface area contributed by atoms with Crippen molar-refractivity contribution in [2.75, 3.05) is 20.4 Å². The molecule has 0 aliphatic rings. The van der Waals surface area contributed by atoms with Crippen LogP contribution in [0.2, 0.25) is 0 Å². The largest absolute Gasteiger partial charge is 0.496 e. The third kappa shape index (κ3) is 6.92. The van der Waals surface area contributed by atoms with Crippen molar-refractivity contribution in [3.05, 3.63) is 23.8 Å². The highest BCUT2D eigenvalue weighted by atomic mass is 31.1. The average molecular weight is 396 g/mol. The predicted octanol–water partition coefficient (Wildman–Crippen LogP) is 6.35. The molecule has 3 atom stereocenters. The molecule has 1 aromatic rings.